The molecular formula is C25H23N3O3. The van der Waals surface area contributed by atoms with Gasteiger partial charge in [-0.3, -0.25) is 14.4 Å². The molecule has 1 fully saturated rings. The van der Waals surface area contributed by atoms with Crippen LogP contribution in [0, 0.1) is 0 Å². The first kappa shape index (κ1) is 20.3. The van der Waals surface area contributed by atoms with Crippen LogP contribution in [0.4, 0.5) is 5.69 Å². The highest BCUT2D eigenvalue weighted by molar-refractivity contribution is 6.09. The molecule has 6 heteroatoms. The van der Waals surface area contributed by atoms with E-state index in [4.69, 9.17) is 0 Å². The third kappa shape index (κ3) is 4.64. The normalized spacial score (nSPS) is 13.5. The molecule has 0 atom stereocenters. The van der Waals surface area contributed by atoms with Crippen molar-refractivity contribution in [2.24, 2.45) is 0 Å². The minimum absolute atomic E-state index is 0.0248. The summed E-state index contributed by atoms with van der Waals surface area (Å²) in [6, 6.07) is 25.0. The second kappa shape index (κ2) is 9.26. The van der Waals surface area contributed by atoms with Gasteiger partial charge in [0.1, 0.15) is 0 Å². The number of rotatable bonds is 4. The van der Waals surface area contributed by atoms with Gasteiger partial charge < -0.3 is 15.1 Å². The van der Waals surface area contributed by atoms with Crippen molar-refractivity contribution in [2.45, 2.75) is 0 Å². The maximum Gasteiger partial charge on any atom is 0.256 e. The van der Waals surface area contributed by atoms with Crippen molar-refractivity contribution in [3.63, 3.8) is 0 Å². The van der Waals surface area contributed by atoms with Crippen LogP contribution in [0.25, 0.3) is 0 Å². The number of carbonyl (C=O) groups is 3. The second-order valence-corrected chi connectivity index (χ2v) is 7.32. The van der Waals surface area contributed by atoms with E-state index in [0.717, 1.165) is 0 Å². The Morgan fingerprint density at radius 1 is 0.581 bits per heavy atom. The van der Waals surface area contributed by atoms with Crippen LogP contribution >= 0.6 is 0 Å². The minimum atomic E-state index is -0.265. The van der Waals surface area contributed by atoms with E-state index >= 15 is 0 Å². The molecule has 3 amide bonds. The van der Waals surface area contributed by atoms with E-state index in [-0.39, 0.29) is 17.7 Å². The van der Waals surface area contributed by atoms with Crippen molar-refractivity contribution in [3.05, 3.63) is 102 Å². The zero-order valence-corrected chi connectivity index (χ0v) is 17.0. The van der Waals surface area contributed by atoms with Crippen molar-refractivity contribution in [2.75, 3.05) is 31.5 Å². The van der Waals surface area contributed by atoms with Crippen molar-refractivity contribution >= 4 is 23.4 Å². The van der Waals surface area contributed by atoms with Crippen LogP contribution < -0.4 is 5.32 Å². The van der Waals surface area contributed by atoms with E-state index in [9.17, 15) is 14.4 Å². The van der Waals surface area contributed by atoms with Crippen LogP contribution in [-0.2, 0) is 0 Å². The van der Waals surface area contributed by atoms with Gasteiger partial charge in [-0.25, -0.2) is 0 Å². The third-order valence-corrected chi connectivity index (χ3v) is 5.32. The van der Waals surface area contributed by atoms with Crippen LogP contribution in [0.3, 0.4) is 0 Å². The first-order valence-electron chi connectivity index (χ1n) is 10.2. The standard InChI is InChI=1S/C25H23N3O3/c29-23(19-9-3-1-4-10-19)26-22-14-8-7-13-21(22)25(31)28-17-15-27(16-18-28)24(30)20-11-5-2-6-12-20/h1-14H,15-18H2,(H,26,29). The summed E-state index contributed by atoms with van der Waals surface area (Å²) in [6.45, 7) is 1.83. The summed E-state index contributed by atoms with van der Waals surface area (Å²) >= 11 is 0. The summed E-state index contributed by atoms with van der Waals surface area (Å²) in [5, 5.41) is 2.84. The molecule has 0 spiro atoms. The lowest BCUT2D eigenvalue weighted by Crippen LogP contribution is -2.50. The van der Waals surface area contributed by atoms with Crippen LogP contribution in [0.2, 0.25) is 0 Å². The Morgan fingerprint density at radius 2 is 1.06 bits per heavy atom. The molecule has 31 heavy (non-hydrogen) atoms. The van der Waals surface area contributed by atoms with E-state index in [1.165, 1.54) is 0 Å². The lowest BCUT2D eigenvalue weighted by Gasteiger charge is -2.35. The molecule has 1 aliphatic heterocycles. The first-order chi connectivity index (χ1) is 15.1. The average molecular weight is 413 g/mol. The number of carbonyl (C=O) groups excluding carboxylic acids is 3. The Morgan fingerprint density at radius 3 is 1.68 bits per heavy atom. The SMILES string of the molecule is O=C(Nc1ccccc1C(=O)N1CCN(C(=O)c2ccccc2)CC1)c1ccccc1. The largest absolute Gasteiger partial charge is 0.335 e. The van der Waals surface area contributed by atoms with Gasteiger partial charge in [0.15, 0.2) is 0 Å². The number of benzene rings is 3. The predicted molar refractivity (Wildman–Crippen MR) is 119 cm³/mol. The molecule has 3 aromatic rings. The Labute approximate surface area is 181 Å². The van der Waals surface area contributed by atoms with Gasteiger partial charge >= 0.3 is 0 Å². The fourth-order valence-corrected chi connectivity index (χ4v) is 3.61. The van der Waals surface area contributed by atoms with Crippen LogP contribution in [-0.4, -0.2) is 53.7 Å². The Bertz CT molecular complexity index is 1080. The average Bonchev–Trinajstić information content (AvgIpc) is 2.84. The van der Waals surface area contributed by atoms with E-state index in [2.05, 4.69) is 5.32 Å². The van der Waals surface area contributed by atoms with Crippen LogP contribution in [0.5, 0.6) is 0 Å². The van der Waals surface area contributed by atoms with Gasteiger partial charge in [-0.1, -0.05) is 48.5 Å². The van der Waals surface area contributed by atoms with Gasteiger partial charge in [0.25, 0.3) is 17.7 Å². The molecule has 0 saturated carbocycles. The quantitative estimate of drug-likeness (QED) is 0.711. The summed E-state index contributed by atoms with van der Waals surface area (Å²) in [7, 11) is 0. The molecular weight excluding hydrogens is 390 g/mol. The lowest BCUT2D eigenvalue weighted by atomic mass is 10.1. The number of amides is 3. The van der Waals surface area contributed by atoms with E-state index in [1.807, 2.05) is 24.3 Å². The van der Waals surface area contributed by atoms with Crippen molar-refractivity contribution in [3.8, 4) is 0 Å². The predicted octanol–water partition coefficient (Wildman–Crippen LogP) is 3.54. The topological polar surface area (TPSA) is 69.7 Å². The molecule has 1 saturated heterocycles. The highest BCUT2D eigenvalue weighted by Gasteiger charge is 2.26. The number of hydrogen-bond acceptors (Lipinski definition) is 3. The molecule has 3 aromatic carbocycles. The smallest absolute Gasteiger partial charge is 0.256 e. The Balaban J connectivity index is 1.43. The molecule has 1 aliphatic rings. The van der Waals surface area contributed by atoms with E-state index < -0.39 is 0 Å². The molecule has 0 unspecified atom stereocenters. The summed E-state index contributed by atoms with van der Waals surface area (Å²) in [6.07, 6.45) is 0. The zero-order chi connectivity index (χ0) is 21.6. The third-order valence-electron chi connectivity index (χ3n) is 5.32. The molecule has 0 aliphatic carbocycles. The molecule has 1 heterocycles. The van der Waals surface area contributed by atoms with Gasteiger partial charge in [0, 0.05) is 37.3 Å². The monoisotopic (exact) mass is 413 g/mol. The number of para-hydroxylation sites is 1. The fraction of sp³-hybridized carbons (Fsp3) is 0.160. The maximum atomic E-state index is 13.2. The zero-order valence-electron chi connectivity index (χ0n) is 17.0. The Hall–Kier alpha value is -3.93. The number of anilines is 1. The van der Waals surface area contributed by atoms with Gasteiger partial charge in [-0.05, 0) is 36.4 Å². The summed E-state index contributed by atoms with van der Waals surface area (Å²) in [5.41, 5.74) is 2.09. The highest BCUT2D eigenvalue weighted by atomic mass is 16.2. The molecule has 4 rings (SSSR count). The van der Waals surface area contributed by atoms with Gasteiger partial charge in [0.2, 0.25) is 0 Å². The highest BCUT2D eigenvalue weighted by Crippen LogP contribution is 2.20. The maximum absolute atomic E-state index is 13.2. The molecule has 0 radical (unpaired) electrons. The second-order valence-electron chi connectivity index (χ2n) is 7.32. The molecule has 0 aromatic heterocycles. The van der Waals surface area contributed by atoms with Crippen molar-refractivity contribution in [1.29, 1.82) is 0 Å². The summed E-state index contributed by atoms with van der Waals surface area (Å²) < 4.78 is 0. The van der Waals surface area contributed by atoms with E-state index in [0.29, 0.717) is 48.6 Å². The molecule has 0 bridgehead atoms. The van der Waals surface area contributed by atoms with Crippen LogP contribution in [0.15, 0.2) is 84.9 Å². The van der Waals surface area contributed by atoms with Crippen LogP contribution in [0.1, 0.15) is 31.1 Å². The van der Waals surface area contributed by atoms with E-state index in [1.54, 1.807) is 70.5 Å². The number of hydrogen-bond donors (Lipinski definition) is 1. The van der Waals surface area contributed by atoms with Crippen molar-refractivity contribution in [1.82, 2.24) is 9.80 Å². The lowest BCUT2D eigenvalue weighted by molar-refractivity contribution is 0.0536. The Kier molecular flexibility index (Phi) is 6.08. The molecule has 156 valence electrons. The molecule has 1 N–H and O–H groups in total. The van der Waals surface area contributed by atoms with Crippen molar-refractivity contribution < 1.29 is 14.4 Å². The number of nitrogens with one attached hydrogen (secondary N) is 1. The summed E-state index contributed by atoms with van der Waals surface area (Å²) in [4.78, 5) is 41.8. The first-order valence-corrected chi connectivity index (χ1v) is 10.2. The minimum Gasteiger partial charge on any atom is -0.335 e. The summed E-state index contributed by atoms with van der Waals surface area (Å²) in [5.74, 6) is -0.446. The number of nitrogens with zero attached hydrogens (tertiary/aromatic N) is 2. The van der Waals surface area contributed by atoms with Gasteiger partial charge in [0.05, 0.1) is 11.3 Å². The van der Waals surface area contributed by atoms with Gasteiger partial charge in [-0.15, -0.1) is 0 Å². The fourth-order valence-electron chi connectivity index (χ4n) is 3.61. The van der Waals surface area contributed by atoms with Gasteiger partial charge in [-0.2, -0.15) is 0 Å². The molecule has 6 nitrogen and oxygen atoms in total. The number of piperazine rings is 1.